The van der Waals surface area contributed by atoms with Crippen LogP contribution in [0.15, 0.2) is 30.3 Å². The number of aryl methyl sites for hydroxylation is 1. The van der Waals surface area contributed by atoms with E-state index in [0.29, 0.717) is 25.1 Å². The summed E-state index contributed by atoms with van der Waals surface area (Å²) in [6.45, 7) is 2.08. The van der Waals surface area contributed by atoms with Crippen LogP contribution in [0.25, 0.3) is 0 Å². The van der Waals surface area contributed by atoms with Gasteiger partial charge in [0.2, 0.25) is 0 Å². The molecule has 1 aliphatic rings. The zero-order chi connectivity index (χ0) is 19.6. The second kappa shape index (κ2) is 7.92. The highest BCUT2D eigenvalue weighted by Crippen LogP contribution is 2.37. The molecule has 1 N–H and O–H groups in total. The van der Waals surface area contributed by atoms with Crippen molar-refractivity contribution in [2.24, 2.45) is 5.92 Å². The van der Waals surface area contributed by atoms with E-state index >= 15 is 0 Å². The van der Waals surface area contributed by atoms with Crippen LogP contribution in [0.5, 0.6) is 0 Å². The Kier molecular flexibility index (Phi) is 5.79. The molecular formula is C19H21ClF3N3O. The highest BCUT2D eigenvalue weighted by Gasteiger charge is 2.42. The van der Waals surface area contributed by atoms with E-state index in [2.05, 4.69) is 10.4 Å². The van der Waals surface area contributed by atoms with Crippen LogP contribution in [0.4, 0.5) is 13.2 Å². The maximum absolute atomic E-state index is 13.0. The number of amides is 1. The van der Waals surface area contributed by atoms with Gasteiger partial charge in [-0.25, -0.2) is 4.68 Å². The zero-order valence-electron chi connectivity index (χ0n) is 14.9. The van der Waals surface area contributed by atoms with Crippen LogP contribution in [0, 0.1) is 12.8 Å². The third kappa shape index (κ3) is 4.64. The van der Waals surface area contributed by atoms with Gasteiger partial charge in [-0.05, 0) is 31.7 Å². The van der Waals surface area contributed by atoms with Crippen LogP contribution < -0.4 is 5.32 Å². The molecule has 0 saturated heterocycles. The summed E-state index contributed by atoms with van der Waals surface area (Å²) in [7, 11) is 0. The first-order chi connectivity index (χ1) is 12.8. The van der Waals surface area contributed by atoms with E-state index in [1.54, 1.807) is 6.92 Å². The summed E-state index contributed by atoms with van der Waals surface area (Å²) in [6.07, 6.45) is -3.23. The van der Waals surface area contributed by atoms with E-state index in [4.69, 9.17) is 11.6 Å². The smallest absolute Gasteiger partial charge is 0.349 e. The molecule has 1 aliphatic carbocycles. The standard InChI is InChI=1S/C19H21ClF3N3O/c1-12-16(17(20)26(25-12)11-13-6-3-2-4-7-13)18(27)24-15-9-5-8-14(10-15)19(21,22)23/h2-4,6-7,14-15H,5,8-11H2,1H3,(H,24,27). The molecule has 1 aromatic heterocycles. The van der Waals surface area contributed by atoms with E-state index in [1.165, 1.54) is 4.68 Å². The van der Waals surface area contributed by atoms with Crippen molar-refractivity contribution < 1.29 is 18.0 Å². The molecule has 0 aliphatic heterocycles. The van der Waals surface area contributed by atoms with E-state index in [1.807, 2.05) is 30.3 Å². The zero-order valence-corrected chi connectivity index (χ0v) is 15.6. The van der Waals surface area contributed by atoms with Crippen LogP contribution in [0.2, 0.25) is 5.15 Å². The third-order valence-electron chi connectivity index (χ3n) is 4.94. The second-order valence-electron chi connectivity index (χ2n) is 6.97. The molecule has 1 aromatic carbocycles. The second-order valence-corrected chi connectivity index (χ2v) is 7.33. The van der Waals surface area contributed by atoms with E-state index in [9.17, 15) is 18.0 Å². The Balaban J connectivity index is 1.71. The Morgan fingerprint density at radius 3 is 2.67 bits per heavy atom. The van der Waals surface area contributed by atoms with Gasteiger partial charge in [-0.2, -0.15) is 18.3 Å². The van der Waals surface area contributed by atoms with Gasteiger partial charge in [0, 0.05) is 6.04 Å². The van der Waals surface area contributed by atoms with Gasteiger partial charge in [0.15, 0.2) is 0 Å². The van der Waals surface area contributed by atoms with Gasteiger partial charge in [-0.15, -0.1) is 0 Å². The maximum atomic E-state index is 13.0. The third-order valence-corrected chi connectivity index (χ3v) is 5.32. The van der Waals surface area contributed by atoms with Crippen molar-refractivity contribution in [3.8, 4) is 0 Å². The number of carbonyl (C=O) groups is 1. The van der Waals surface area contributed by atoms with Crippen molar-refractivity contribution in [3.05, 3.63) is 52.3 Å². The molecule has 1 amide bonds. The fourth-order valence-electron chi connectivity index (χ4n) is 3.55. The number of halogens is 4. The average Bonchev–Trinajstić information content (AvgIpc) is 2.89. The molecule has 1 heterocycles. The normalized spacial score (nSPS) is 20.5. The first kappa shape index (κ1) is 19.7. The summed E-state index contributed by atoms with van der Waals surface area (Å²) in [5.41, 5.74) is 1.66. The van der Waals surface area contributed by atoms with Gasteiger partial charge in [0.05, 0.1) is 23.7 Å². The molecule has 1 saturated carbocycles. The van der Waals surface area contributed by atoms with Crippen LogP contribution in [0.1, 0.15) is 47.3 Å². The largest absolute Gasteiger partial charge is 0.391 e. The summed E-state index contributed by atoms with van der Waals surface area (Å²) in [5.74, 6) is -1.83. The summed E-state index contributed by atoms with van der Waals surface area (Å²) >= 11 is 6.35. The number of hydrogen-bond acceptors (Lipinski definition) is 2. The number of hydrogen-bond donors (Lipinski definition) is 1. The lowest BCUT2D eigenvalue weighted by Crippen LogP contribution is -2.41. The number of alkyl halides is 3. The van der Waals surface area contributed by atoms with Gasteiger partial charge >= 0.3 is 6.18 Å². The highest BCUT2D eigenvalue weighted by atomic mass is 35.5. The molecule has 27 heavy (non-hydrogen) atoms. The van der Waals surface area contributed by atoms with Crippen molar-refractivity contribution in [1.29, 1.82) is 0 Å². The predicted octanol–water partition coefficient (Wildman–Crippen LogP) is 4.74. The summed E-state index contributed by atoms with van der Waals surface area (Å²) in [6, 6.07) is 9.03. The Labute approximate surface area is 160 Å². The van der Waals surface area contributed by atoms with Gasteiger partial charge in [0.25, 0.3) is 5.91 Å². The van der Waals surface area contributed by atoms with E-state index in [0.717, 1.165) is 5.56 Å². The fraction of sp³-hybridized carbons (Fsp3) is 0.474. The molecule has 2 unspecified atom stereocenters. The molecule has 0 spiro atoms. The number of benzene rings is 1. The van der Waals surface area contributed by atoms with Crippen LogP contribution in [-0.2, 0) is 6.54 Å². The summed E-state index contributed by atoms with van der Waals surface area (Å²) in [5, 5.41) is 7.23. The number of nitrogens with one attached hydrogen (secondary N) is 1. The first-order valence-corrected chi connectivity index (χ1v) is 9.28. The molecule has 0 radical (unpaired) electrons. The molecule has 3 rings (SSSR count). The molecule has 8 heteroatoms. The number of carbonyl (C=O) groups excluding carboxylic acids is 1. The van der Waals surface area contributed by atoms with Gasteiger partial charge in [-0.1, -0.05) is 48.4 Å². The van der Waals surface area contributed by atoms with Gasteiger partial charge < -0.3 is 5.32 Å². The minimum atomic E-state index is -4.22. The molecule has 1 fully saturated rings. The Hall–Kier alpha value is -2.02. The summed E-state index contributed by atoms with van der Waals surface area (Å²) < 4.78 is 40.4. The fourth-order valence-corrected chi connectivity index (χ4v) is 3.87. The lowest BCUT2D eigenvalue weighted by molar-refractivity contribution is -0.183. The van der Waals surface area contributed by atoms with E-state index < -0.39 is 24.0 Å². The van der Waals surface area contributed by atoms with Crippen molar-refractivity contribution in [2.75, 3.05) is 0 Å². The first-order valence-electron chi connectivity index (χ1n) is 8.90. The number of nitrogens with zero attached hydrogens (tertiary/aromatic N) is 2. The monoisotopic (exact) mass is 399 g/mol. The minimum absolute atomic E-state index is 0.0932. The Morgan fingerprint density at radius 1 is 1.30 bits per heavy atom. The maximum Gasteiger partial charge on any atom is 0.391 e. The van der Waals surface area contributed by atoms with Crippen LogP contribution in [-0.4, -0.2) is 27.9 Å². The van der Waals surface area contributed by atoms with Crippen molar-refractivity contribution >= 4 is 17.5 Å². The quantitative estimate of drug-likeness (QED) is 0.806. The molecule has 0 bridgehead atoms. The average molecular weight is 400 g/mol. The van der Waals surface area contributed by atoms with Crippen molar-refractivity contribution in [3.63, 3.8) is 0 Å². The molecule has 146 valence electrons. The Bertz CT molecular complexity index is 805. The lowest BCUT2D eigenvalue weighted by Gasteiger charge is -2.31. The molecule has 4 nitrogen and oxygen atoms in total. The van der Waals surface area contributed by atoms with Crippen molar-refractivity contribution in [1.82, 2.24) is 15.1 Å². The molecular weight excluding hydrogens is 379 g/mol. The van der Waals surface area contributed by atoms with Crippen LogP contribution in [0.3, 0.4) is 0 Å². The van der Waals surface area contributed by atoms with Crippen LogP contribution >= 0.6 is 11.6 Å². The minimum Gasteiger partial charge on any atom is -0.349 e. The Morgan fingerprint density at radius 2 is 2.00 bits per heavy atom. The van der Waals surface area contributed by atoms with E-state index in [-0.39, 0.29) is 23.6 Å². The SMILES string of the molecule is Cc1nn(Cc2ccccc2)c(Cl)c1C(=O)NC1CCCC(C(F)(F)F)C1. The van der Waals surface area contributed by atoms with Gasteiger partial charge in [-0.3, -0.25) is 4.79 Å². The predicted molar refractivity (Wildman–Crippen MR) is 96.8 cm³/mol. The number of aromatic nitrogens is 2. The lowest BCUT2D eigenvalue weighted by atomic mass is 9.85. The number of rotatable bonds is 4. The van der Waals surface area contributed by atoms with Gasteiger partial charge in [0.1, 0.15) is 5.15 Å². The summed E-state index contributed by atoms with van der Waals surface area (Å²) in [4.78, 5) is 12.6. The molecule has 2 aromatic rings. The molecule has 2 atom stereocenters. The topological polar surface area (TPSA) is 46.9 Å². The van der Waals surface area contributed by atoms with Crippen molar-refractivity contribution in [2.45, 2.75) is 51.4 Å². The highest BCUT2D eigenvalue weighted by molar-refractivity contribution is 6.33.